The second-order valence-corrected chi connectivity index (χ2v) is 7.58. The molecule has 1 unspecified atom stereocenters. The van der Waals surface area contributed by atoms with Gasteiger partial charge in [-0.3, -0.25) is 4.90 Å². The lowest BCUT2D eigenvalue weighted by Gasteiger charge is -2.35. The molecule has 2 heterocycles. The predicted molar refractivity (Wildman–Crippen MR) is 107 cm³/mol. The number of nitrogens with zero attached hydrogens (tertiary/aromatic N) is 2. The standard InChI is InChI=1S/C22H28N4/c1-16-6-8-17(9-7-16)15-26-12-10-18(11-13-26)19(14-23)22-24-20-4-2-3-5-21(20)25-22/h2-9,18-19H,10-15,23H2,1H3,(H,24,25). The molecular weight excluding hydrogens is 320 g/mol. The van der Waals surface area contributed by atoms with E-state index in [9.17, 15) is 0 Å². The van der Waals surface area contributed by atoms with Gasteiger partial charge in [-0.1, -0.05) is 42.0 Å². The molecule has 0 amide bonds. The maximum atomic E-state index is 6.16. The largest absolute Gasteiger partial charge is 0.342 e. The highest BCUT2D eigenvalue weighted by molar-refractivity contribution is 5.74. The molecule has 3 N–H and O–H groups in total. The van der Waals surface area contributed by atoms with E-state index >= 15 is 0 Å². The number of aromatic nitrogens is 2. The van der Waals surface area contributed by atoms with E-state index in [2.05, 4.69) is 53.2 Å². The lowest BCUT2D eigenvalue weighted by molar-refractivity contribution is 0.161. The third-order valence-corrected chi connectivity index (χ3v) is 5.74. The van der Waals surface area contributed by atoms with Gasteiger partial charge in [0.15, 0.2) is 0 Å². The molecule has 26 heavy (non-hydrogen) atoms. The maximum Gasteiger partial charge on any atom is 0.111 e. The molecule has 0 aliphatic carbocycles. The molecule has 1 aliphatic heterocycles. The third kappa shape index (κ3) is 3.67. The van der Waals surface area contributed by atoms with Crippen LogP contribution in [0.3, 0.4) is 0 Å². The molecule has 4 heteroatoms. The lowest BCUT2D eigenvalue weighted by Crippen LogP contribution is -2.37. The Kier molecular flexibility index (Phi) is 5.05. The van der Waals surface area contributed by atoms with Crippen LogP contribution in [0.5, 0.6) is 0 Å². The minimum atomic E-state index is 0.323. The van der Waals surface area contributed by atoms with Crippen LogP contribution in [0.1, 0.15) is 35.7 Å². The first kappa shape index (κ1) is 17.3. The topological polar surface area (TPSA) is 57.9 Å². The number of H-pyrrole nitrogens is 1. The van der Waals surface area contributed by atoms with Gasteiger partial charge in [-0.15, -0.1) is 0 Å². The van der Waals surface area contributed by atoms with Crippen molar-refractivity contribution >= 4 is 11.0 Å². The number of hydrogen-bond donors (Lipinski definition) is 2. The first-order valence-electron chi connectivity index (χ1n) is 9.65. The molecule has 0 radical (unpaired) electrons. The third-order valence-electron chi connectivity index (χ3n) is 5.74. The average molecular weight is 348 g/mol. The number of imidazole rings is 1. The van der Waals surface area contributed by atoms with Gasteiger partial charge in [0.1, 0.15) is 5.82 Å². The Bertz CT molecular complexity index is 811. The number of benzene rings is 2. The second-order valence-electron chi connectivity index (χ2n) is 7.58. The summed E-state index contributed by atoms with van der Waals surface area (Å²) in [5.41, 5.74) is 11.0. The van der Waals surface area contributed by atoms with Gasteiger partial charge in [-0.25, -0.2) is 4.98 Å². The van der Waals surface area contributed by atoms with Crippen molar-refractivity contribution in [3.05, 3.63) is 65.5 Å². The highest BCUT2D eigenvalue weighted by atomic mass is 15.1. The zero-order chi connectivity index (χ0) is 17.9. The Morgan fingerprint density at radius 2 is 1.85 bits per heavy atom. The molecule has 1 aromatic heterocycles. The number of aromatic amines is 1. The average Bonchev–Trinajstić information content (AvgIpc) is 3.09. The summed E-state index contributed by atoms with van der Waals surface area (Å²) in [5, 5.41) is 0. The number of fused-ring (bicyclic) bond motifs is 1. The van der Waals surface area contributed by atoms with E-state index < -0.39 is 0 Å². The minimum Gasteiger partial charge on any atom is -0.342 e. The normalized spacial score (nSPS) is 17.6. The number of piperidine rings is 1. The van der Waals surface area contributed by atoms with E-state index in [-0.39, 0.29) is 0 Å². The molecule has 136 valence electrons. The van der Waals surface area contributed by atoms with Crippen LogP contribution in [0.25, 0.3) is 11.0 Å². The molecule has 1 atom stereocenters. The van der Waals surface area contributed by atoms with Crippen LogP contribution in [0.15, 0.2) is 48.5 Å². The number of para-hydroxylation sites is 2. The molecule has 1 aliphatic rings. The maximum absolute atomic E-state index is 6.16. The summed E-state index contributed by atoms with van der Waals surface area (Å²) >= 11 is 0. The van der Waals surface area contributed by atoms with Gasteiger partial charge >= 0.3 is 0 Å². The molecule has 2 aromatic carbocycles. The zero-order valence-electron chi connectivity index (χ0n) is 15.5. The molecule has 4 rings (SSSR count). The van der Waals surface area contributed by atoms with Crippen LogP contribution in [-0.2, 0) is 6.54 Å². The fourth-order valence-corrected chi connectivity index (χ4v) is 4.14. The van der Waals surface area contributed by atoms with Crippen LogP contribution < -0.4 is 5.73 Å². The van der Waals surface area contributed by atoms with Crippen molar-refractivity contribution in [1.82, 2.24) is 14.9 Å². The van der Waals surface area contributed by atoms with Crippen LogP contribution >= 0.6 is 0 Å². The van der Waals surface area contributed by atoms with Gasteiger partial charge in [0.25, 0.3) is 0 Å². The van der Waals surface area contributed by atoms with Gasteiger partial charge in [-0.2, -0.15) is 0 Å². The zero-order valence-corrected chi connectivity index (χ0v) is 15.5. The molecule has 0 spiro atoms. The van der Waals surface area contributed by atoms with E-state index in [4.69, 9.17) is 10.7 Å². The Hall–Kier alpha value is -2.17. The molecule has 0 bridgehead atoms. The Morgan fingerprint density at radius 1 is 1.12 bits per heavy atom. The summed E-state index contributed by atoms with van der Waals surface area (Å²) in [5.74, 6) is 1.99. The summed E-state index contributed by atoms with van der Waals surface area (Å²) in [6.45, 7) is 6.11. The van der Waals surface area contributed by atoms with E-state index in [1.807, 2.05) is 12.1 Å². The minimum absolute atomic E-state index is 0.323. The highest BCUT2D eigenvalue weighted by Crippen LogP contribution is 2.32. The molecule has 1 saturated heterocycles. The molecular formula is C22H28N4. The SMILES string of the molecule is Cc1ccc(CN2CCC(C(CN)c3nc4ccccc4[nH]3)CC2)cc1. The van der Waals surface area contributed by atoms with Gasteiger partial charge in [0.05, 0.1) is 11.0 Å². The van der Waals surface area contributed by atoms with Crippen LogP contribution in [0.2, 0.25) is 0 Å². The van der Waals surface area contributed by atoms with Gasteiger partial charge < -0.3 is 10.7 Å². The summed E-state index contributed by atoms with van der Waals surface area (Å²) in [7, 11) is 0. The summed E-state index contributed by atoms with van der Waals surface area (Å²) in [6.07, 6.45) is 2.37. The van der Waals surface area contributed by atoms with Crippen molar-refractivity contribution in [3.8, 4) is 0 Å². The second kappa shape index (κ2) is 7.60. The fraction of sp³-hybridized carbons (Fsp3) is 0.409. The molecule has 1 fully saturated rings. The highest BCUT2D eigenvalue weighted by Gasteiger charge is 2.28. The van der Waals surface area contributed by atoms with E-state index in [0.29, 0.717) is 18.4 Å². The van der Waals surface area contributed by atoms with Crippen molar-refractivity contribution in [1.29, 1.82) is 0 Å². The van der Waals surface area contributed by atoms with Crippen molar-refractivity contribution in [3.63, 3.8) is 0 Å². The van der Waals surface area contributed by atoms with Gasteiger partial charge in [0.2, 0.25) is 0 Å². The van der Waals surface area contributed by atoms with E-state index in [1.165, 1.54) is 24.0 Å². The van der Waals surface area contributed by atoms with E-state index in [1.54, 1.807) is 0 Å². The number of likely N-dealkylation sites (tertiary alicyclic amines) is 1. The van der Waals surface area contributed by atoms with Gasteiger partial charge in [0, 0.05) is 19.0 Å². The van der Waals surface area contributed by atoms with Crippen molar-refractivity contribution < 1.29 is 0 Å². The van der Waals surface area contributed by atoms with Crippen molar-refractivity contribution in [2.24, 2.45) is 11.7 Å². The Balaban J connectivity index is 1.40. The number of nitrogens with one attached hydrogen (secondary N) is 1. The number of hydrogen-bond acceptors (Lipinski definition) is 3. The van der Waals surface area contributed by atoms with Crippen molar-refractivity contribution in [2.45, 2.75) is 32.2 Å². The van der Waals surface area contributed by atoms with Crippen LogP contribution in [0, 0.1) is 12.8 Å². The first-order valence-corrected chi connectivity index (χ1v) is 9.65. The number of nitrogens with two attached hydrogens (primary N) is 1. The van der Waals surface area contributed by atoms with Crippen molar-refractivity contribution in [2.75, 3.05) is 19.6 Å². The fourth-order valence-electron chi connectivity index (χ4n) is 4.14. The summed E-state index contributed by atoms with van der Waals surface area (Å²) < 4.78 is 0. The Morgan fingerprint density at radius 3 is 2.54 bits per heavy atom. The first-order chi connectivity index (χ1) is 12.7. The lowest BCUT2D eigenvalue weighted by atomic mass is 9.83. The summed E-state index contributed by atoms with van der Waals surface area (Å²) in [6, 6.07) is 17.1. The quantitative estimate of drug-likeness (QED) is 0.737. The monoisotopic (exact) mass is 348 g/mol. The predicted octanol–water partition coefficient (Wildman–Crippen LogP) is 3.83. The van der Waals surface area contributed by atoms with Crippen LogP contribution in [0.4, 0.5) is 0 Å². The molecule has 0 saturated carbocycles. The van der Waals surface area contributed by atoms with Gasteiger partial charge in [-0.05, 0) is 56.5 Å². The molecule has 3 aromatic rings. The van der Waals surface area contributed by atoms with Crippen LogP contribution in [-0.4, -0.2) is 34.5 Å². The smallest absolute Gasteiger partial charge is 0.111 e. The number of aryl methyl sites for hydroxylation is 1. The number of rotatable bonds is 5. The van der Waals surface area contributed by atoms with E-state index in [0.717, 1.165) is 36.5 Å². The molecule has 4 nitrogen and oxygen atoms in total. The Labute approximate surface area is 155 Å². The summed E-state index contributed by atoms with van der Waals surface area (Å²) in [4.78, 5) is 10.9.